The van der Waals surface area contributed by atoms with Crippen LogP contribution in [-0.4, -0.2) is 123 Å². The molecule has 0 radical (unpaired) electrons. The molecule has 4 aromatic heterocycles. The van der Waals surface area contributed by atoms with Crippen molar-refractivity contribution in [3.05, 3.63) is 315 Å². The van der Waals surface area contributed by atoms with Gasteiger partial charge in [-0.05, 0) is 145 Å². The van der Waals surface area contributed by atoms with E-state index < -0.39 is 29.2 Å². The third kappa shape index (κ3) is 28.8. The van der Waals surface area contributed by atoms with Gasteiger partial charge in [-0.2, -0.15) is 38.4 Å². The van der Waals surface area contributed by atoms with Crippen molar-refractivity contribution in [2.45, 2.75) is 26.1 Å². The maximum Gasteiger partial charge on any atom is 0.421 e. The summed E-state index contributed by atoms with van der Waals surface area (Å²) in [5.74, 6) is 0.384. The number of hydrogen-bond acceptors (Lipinski definition) is 26. The first kappa shape index (κ1) is 90.1. The molecule has 0 aliphatic heterocycles. The van der Waals surface area contributed by atoms with E-state index in [2.05, 4.69) is 114 Å². The number of nitriles is 1. The van der Waals surface area contributed by atoms with Gasteiger partial charge < -0.3 is 76.4 Å². The number of hydrogen-bond donors (Lipinski definition) is 9. The van der Waals surface area contributed by atoms with Crippen LogP contribution in [0.3, 0.4) is 0 Å². The molecule has 0 aliphatic rings. The second kappa shape index (κ2) is 46.2. The zero-order chi connectivity index (χ0) is 87.2. The minimum atomic E-state index is -4.67. The van der Waals surface area contributed by atoms with Crippen molar-refractivity contribution in [3.8, 4) is 23.3 Å². The van der Waals surface area contributed by atoms with Crippen LogP contribution in [0.4, 0.5) is 120 Å². The van der Waals surface area contributed by atoms with Gasteiger partial charge >= 0.3 is 6.18 Å². The standard InChI is InChI=1S/C25H28FN5O5.C22H19F3N4O2.C21H20FN5O.C21H17N5O/c1-4-23(32)28-17-6-5-7-18(14-17)29-24-20(26)16-27-25(31-24)30-19-8-9-21(35-12-10-33-2)22(15-19)36-13-11-34-3;1-3-6-19(30)14-7-4-8-15(11-14)27-20-18(22(23,24)25)13-26-21(29-20)28-16-9-5-10-17(12-16)31-2;1-3-19(28)27(2)14-15-9-11-17(12-10-15)24-20-18(22)13-23-21(26-20)25-16-7-5-4-6-8-16;1-2-19(27)12-15-8-10-18(11-9-15)24-20-16(13-22)14-23-21(26-20)25-17-6-4-3-5-7-17/h4-9,14-16H,1,10-13H2,2-3H3,(H,28,32)(H2,27,29,30,31);3-13H,1-2H3,(H2,26,27,28,29);3-13H,1,14H2,2H3,(H2,23,24,25,26);2-11,14H,1,12H2,(H2,23,24,25,26)/b;6-3+;;. The summed E-state index contributed by atoms with van der Waals surface area (Å²) in [6.45, 7) is 14.1. The number of carbonyl (C=O) groups excluding carboxylic acids is 4. The first-order valence-corrected chi connectivity index (χ1v) is 37.1. The molecule has 122 heavy (non-hydrogen) atoms. The number of amides is 2. The molecule has 9 N–H and O–H groups in total. The zero-order valence-electron chi connectivity index (χ0n) is 66.6. The van der Waals surface area contributed by atoms with E-state index in [1.54, 1.807) is 136 Å². The van der Waals surface area contributed by atoms with E-state index in [9.17, 15) is 46.4 Å². The third-order valence-electron chi connectivity index (χ3n) is 16.5. The Morgan fingerprint density at radius 3 is 1.48 bits per heavy atom. The van der Waals surface area contributed by atoms with Crippen molar-refractivity contribution >= 4 is 122 Å². The molecule has 624 valence electrons. The van der Waals surface area contributed by atoms with Gasteiger partial charge in [0, 0.05) is 109 Å². The van der Waals surface area contributed by atoms with E-state index in [0.717, 1.165) is 46.7 Å². The number of rotatable bonds is 35. The van der Waals surface area contributed by atoms with Crippen LogP contribution in [0.1, 0.15) is 39.5 Å². The quantitative estimate of drug-likeness (QED) is 0.00771. The lowest BCUT2D eigenvalue weighted by Crippen LogP contribution is -2.23. The highest BCUT2D eigenvalue weighted by molar-refractivity contribution is 6.05. The molecule has 0 saturated carbocycles. The Balaban J connectivity index is 0.000000186. The van der Waals surface area contributed by atoms with Crippen molar-refractivity contribution in [2.75, 3.05) is 103 Å². The molecule has 0 aliphatic carbocycles. The van der Waals surface area contributed by atoms with Crippen molar-refractivity contribution in [3.63, 3.8) is 0 Å². The summed E-state index contributed by atoms with van der Waals surface area (Å²) in [5, 5.41) is 35.6. The second-order valence-electron chi connectivity index (χ2n) is 25.5. The lowest BCUT2D eigenvalue weighted by molar-refractivity contribution is -0.137. The molecule has 12 rings (SSSR count). The number of ether oxygens (including phenoxy) is 5. The lowest BCUT2D eigenvalue weighted by Gasteiger charge is -2.15. The summed E-state index contributed by atoms with van der Waals surface area (Å²) in [4.78, 5) is 80.9. The minimum Gasteiger partial charge on any atom is -0.497 e. The molecule has 0 fully saturated rings. The van der Waals surface area contributed by atoms with Gasteiger partial charge in [-0.15, -0.1) is 0 Å². The SMILES string of the molecule is C/C=C/C(=O)c1cccc(Nc2nc(Nc3cccc(OC)c3)ncc2C(F)(F)F)c1.C=CC(=O)Cc1ccc(Nc2nc(Nc3ccccc3)ncc2C#N)cc1.C=CC(=O)N(C)Cc1ccc(Nc2nc(Nc3ccccc3)ncc2F)cc1.C=CC(=O)Nc1cccc(Nc2nc(Nc3ccc(OCCOC)c(OCCOC)c3)ncc2F)c1. The molecule has 28 nitrogen and oxygen atoms in total. The van der Waals surface area contributed by atoms with Crippen LogP contribution in [0.15, 0.2) is 275 Å². The largest absolute Gasteiger partial charge is 0.497 e. The predicted molar refractivity (Wildman–Crippen MR) is 460 cm³/mol. The molecular formula is C89H84F5N19O9. The highest BCUT2D eigenvalue weighted by atomic mass is 19.4. The van der Waals surface area contributed by atoms with Crippen LogP contribution in [0.2, 0.25) is 0 Å². The summed E-state index contributed by atoms with van der Waals surface area (Å²) in [6.07, 6.45) is 6.69. The third-order valence-corrected chi connectivity index (χ3v) is 16.5. The van der Waals surface area contributed by atoms with Gasteiger partial charge in [0.1, 0.15) is 42.0 Å². The van der Waals surface area contributed by atoms with Gasteiger partial charge in [-0.25, -0.2) is 28.7 Å². The number of nitrogens with one attached hydrogen (secondary N) is 9. The lowest BCUT2D eigenvalue weighted by atomic mass is 10.1. The van der Waals surface area contributed by atoms with Crippen molar-refractivity contribution < 1.29 is 64.8 Å². The summed E-state index contributed by atoms with van der Waals surface area (Å²) in [7, 11) is 6.39. The fraction of sp³-hybridized carbons (Fsp3) is 0.135. The Bertz CT molecular complexity index is 5620. The van der Waals surface area contributed by atoms with Crippen molar-refractivity contribution in [2.24, 2.45) is 0 Å². The van der Waals surface area contributed by atoms with E-state index in [-0.39, 0.29) is 58.5 Å². The van der Waals surface area contributed by atoms with Gasteiger partial charge in [0.2, 0.25) is 35.6 Å². The topological polar surface area (TPSA) is 353 Å². The number of ketones is 2. The Hall–Kier alpha value is -15.8. The van der Waals surface area contributed by atoms with Crippen LogP contribution in [0.5, 0.6) is 17.2 Å². The van der Waals surface area contributed by atoms with E-state index in [4.69, 9.17) is 23.7 Å². The number of para-hydroxylation sites is 2. The Kier molecular flexibility index (Phi) is 34.1. The van der Waals surface area contributed by atoms with Gasteiger partial charge in [0.05, 0.1) is 38.9 Å². The normalized spacial score (nSPS) is 10.5. The van der Waals surface area contributed by atoms with Crippen LogP contribution >= 0.6 is 0 Å². The average Bonchev–Trinajstić information content (AvgIpc) is 0.780. The monoisotopic (exact) mass is 1660 g/mol. The second-order valence-corrected chi connectivity index (χ2v) is 25.5. The number of nitrogens with zero attached hydrogens (tertiary/aromatic N) is 10. The van der Waals surface area contributed by atoms with Crippen LogP contribution < -0.4 is 62.1 Å². The summed E-state index contributed by atoms with van der Waals surface area (Å²) < 4.78 is 95.7. The fourth-order valence-corrected chi connectivity index (χ4v) is 10.5. The van der Waals surface area contributed by atoms with Gasteiger partial charge in [0.15, 0.2) is 52.2 Å². The minimum absolute atomic E-state index is 0.0325. The van der Waals surface area contributed by atoms with Crippen LogP contribution in [0, 0.1) is 23.0 Å². The number of methoxy groups -OCH3 is 3. The number of aromatic nitrogens is 8. The Morgan fingerprint density at radius 2 is 0.934 bits per heavy atom. The number of anilines is 17. The van der Waals surface area contributed by atoms with Crippen LogP contribution in [0.25, 0.3) is 0 Å². The summed E-state index contributed by atoms with van der Waals surface area (Å²) in [6, 6.07) is 60.6. The molecule has 0 spiro atoms. The number of likely N-dealkylation sites (N-methyl/N-ethyl adjacent to an activating group) is 1. The van der Waals surface area contributed by atoms with E-state index in [0.29, 0.717) is 114 Å². The number of halogens is 5. The molecule has 8 aromatic carbocycles. The maximum atomic E-state index is 14.4. The number of carbonyl (C=O) groups is 4. The predicted octanol–water partition coefficient (Wildman–Crippen LogP) is 18.4. The van der Waals surface area contributed by atoms with Gasteiger partial charge in [-0.3, -0.25) is 19.2 Å². The highest BCUT2D eigenvalue weighted by Gasteiger charge is 2.35. The molecule has 2 amide bonds. The molecule has 0 saturated heterocycles. The van der Waals surface area contributed by atoms with E-state index >= 15 is 0 Å². The van der Waals surface area contributed by atoms with Crippen LogP contribution in [-0.2, 0) is 43.0 Å². The Labute approximate surface area is 699 Å². The molecule has 4 heterocycles. The maximum absolute atomic E-state index is 14.4. The van der Waals surface area contributed by atoms with Gasteiger partial charge in [-0.1, -0.05) is 111 Å². The van der Waals surface area contributed by atoms with E-state index in [1.807, 2.05) is 97.1 Å². The number of alkyl halides is 3. The number of benzene rings is 8. The van der Waals surface area contributed by atoms with Crippen molar-refractivity contribution in [1.29, 1.82) is 5.26 Å². The molecule has 12 aromatic rings. The zero-order valence-corrected chi connectivity index (χ0v) is 66.6. The summed E-state index contributed by atoms with van der Waals surface area (Å²) >= 11 is 0. The van der Waals surface area contributed by atoms with E-state index in [1.165, 1.54) is 37.6 Å². The molecular weight excluding hydrogens is 1570 g/mol. The highest BCUT2D eigenvalue weighted by Crippen LogP contribution is 2.37. The van der Waals surface area contributed by atoms with Gasteiger partial charge in [0.25, 0.3) is 0 Å². The molecule has 0 atom stereocenters. The fourth-order valence-electron chi connectivity index (χ4n) is 10.5. The van der Waals surface area contributed by atoms with Crippen molar-refractivity contribution in [1.82, 2.24) is 44.8 Å². The molecule has 0 bridgehead atoms. The average molecular weight is 1660 g/mol. The Morgan fingerprint density at radius 1 is 0.475 bits per heavy atom. The first-order valence-electron chi connectivity index (χ1n) is 37.1. The summed E-state index contributed by atoms with van der Waals surface area (Å²) in [5.41, 5.74) is 7.02. The molecule has 0 unspecified atom stereocenters. The smallest absolute Gasteiger partial charge is 0.421 e. The molecule has 33 heteroatoms. The first-order chi connectivity index (χ1) is 59.0. The number of allylic oxidation sites excluding steroid dienone is 3.